The van der Waals surface area contributed by atoms with Crippen LogP contribution in [-0.4, -0.2) is 35.5 Å². The quantitative estimate of drug-likeness (QED) is 0.366. The molecule has 11 heteroatoms. The van der Waals surface area contributed by atoms with Crippen molar-refractivity contribution in [2.45, 2.75) is 6.92 Å². The first kappa shape index (κ1) is 22.5. The molecule has 0 aliphatic carbocycles. The zero-order valence-electron chi connectivity index (χ0n) is 19.2. The molecule has 3 aromatic heterocycles. The fraction of sp³-hybridized carbons (Fsp3) is 0.0800. The molecule has 0 bridgehead atoms. The molecule has 0 atom stereocenters. The number of fused-ring (bicyclic) bond motifs is 1. The second kappa shape index (κ2) is 9.19. The van der Waals surface area contributed by atoms with Crippen LogP contribution in [0.5, 0.6) is 11.6 Å². The molecule has 0 saturated carbocycles. The third-order valence-corrected chi connectivity index (χ3v) is 5.25. The van der Waals surface area contributed by atoms with Gasteiger partial charge in [-0.25, -0.2) is 9.37 Å². The summed E-state index contributed by atoms with van der Waals surface area (Å²) in [5, 5.41) is 15.5. The fourth-order valence-corrected chi connectivity index (χ4v) is 3.68. The Morgan fingerprint density at radius 2 is 1.89 bits per heavy atom. The largest absolute Gasteiger partial charge is 0.434 e. The minimum atomic E-state index is -0.589. The van der Waals surface area contributed by atoms with Crippen molar-refractivity contribution in [1.29, 1.82) is 0 Å². The maximum atomic E-state index is 15.1. The summed E-state index contributed by atoms with van der Waals surface area (Å²) in [6.45, 7) is 1.59. The van der Waals surface area contributed by atoms with Crippen LogP contribution in [0.15, 0.2) is 61.1 Å². The SMILES string of the molecule is CC#CC(=O)Nc1ccc(-c2nn3ncnc(N)c3c2-c2ccc(Oc3ccn(C)n3)c(F)c2)cc1. The molecule has 0 saturated heterocycles. The topological polar surface area (TPSA) is 125 Å². The number of nitrogens with two attached hydrogens (primary N) is 1. The van der Waals surface area contributed by atoms with Gasteiger partial charge in [0.05, 0.1) is 0 Å². The maximum absolute atomic E-state index is 15.1. The van der Waals surface area contributed by atoms with E-state index in [9.17, 15) is 4.79 Å². The highest BCUT2D eigenvalue weighted by molar-refractivity contribution is 6.04. The van der Waals surface area contributed by atoms with E-state index in [0.29, 0.717) is 33.6 Å². The van der Waals surface area contributed by atoms with E-state index in [-0.39, 0.29) is 17.4 Å². The summed E-state index contributed by atoms with van der Waals surface area (Å²) < 4.78 is 23.6. The molecule has 0 fully saturated rings. The van der Waals surface area contributed by atoms with Crippen LogP contribution in [-0.2, 0) is 11.8 Å². The van der Waals surface area contributed by atoms with Crippen molar-refractivity contribution in [3.8, 4) is 45.9 Å². The van der Waals surface area contributed by atoms with Gasteiger partial charge in [-0.3, -0.25) is 9.48 Å². The first-order valence-corrected chi connectivity index (χ1v) is 10.7. The Hall–Kier alpha value is -5.24. The number of halogens is 1. The van der Waals surface area contributed by atoms with Gasteiger partial charge in [0.25, 0.3) is 5.91 Å². The maximum Gasteiger partial charge on any atom is 0.300 e. The number of aromatic nitrogens is 6. The van der Waals surface area contributed by atoms with Crippen LogP contribution < -0.4 is 15.8 Å². The predicted octanol–water partition coefficient (Wildman–Crippen LogP) is 3.67. The third kappa shape index (κ3) is 4.30. The number of carbonyl (C=O) groups is 1. The monoisotopic (exact) mass is 482 g/mol. The van der Waals surface area contributed by atoms with Gasteiger partial charge in [0.1, 0.15) is 17.5 Å². The first-order valence-electron chi connectivity index (χ1n) is 10.7. The van der Waals surface area contributed by atoms with Gasteiger partial charge in [-0.2, -0.15) is 0 Å². The van der Waals surface area contributed by atoms with Gasteiger partial charge >= 0.3 is 0 Å². The van der Waals surface area contributed by atoms with Gasteiger partial charge in [0.15, 0.2) is 17.4 Å². The van der Waals surface area contributed by atoms with Crippen LogP contribution >= 0.6 is 0 Å². The van der Waals surface area contributed by atoms with Crippen molar-refractivity contribution >= 4 is 22.9 Å². The van der Waals surface area contributed by atoms with Crippen molar-refractivity contribution in [3.05, 3.63) is 66.9 Å². The number of ether oxygens (including phenoxy) is 1. The molecule has 0 aliphatic heterocycles. The van der Waals surface area contributed by atoms with Crippen molar-refractivity contribution in [3.63, 3.8) is 0 Å². The Balaban J connectivity index is 1.57. The zero-order valence-corrected chi connectivity index (χ0v) is 19.2. The van der Waals surface area contributed by atoms with Crippen LogP contribution in [0.25, 0.3) is 27.9 Å². The molecule has 2 aromatic carbocycles. The lowest BCUT2D eigenvalue weighted by Crippen LogP contribution is -2.07. The number of rotatable bonds is 5. The molecule has 178 valence electrons. The van der Waals surface area contributed by atoms with Gasteiger partial charge in [-0.05, 0) is 42.7 Å². The van der Waals surface area contributed by atoms with Crippen molar-refractivity contribution in [2.75, 3.05) is 11.1 Å². The van der Waals surface area contributed by atoms with Gasteiger partial charge in [0.2, 0.25) is 5.88 Å². The van der Waals surface area contributed by atoms with E-state index in [4.69, 9.17) is 10.5 Å². The molecule has 1 amide bonds. The molecule has 0 aliphatic rings. The van der Waals surface area contributed by atoms with Gasteiger partial charge in [-0.15, -0.1) is 19.9 Å². The molecule has 5 aromatic rings. The molecule has 3 heterocycles. The van der Waals surface area contributed by atoms with E-state index in [0.717, 1.165) is 0 Å². The van der Waals surface area contributed by atoms with E-state index in [1.54, 1.807) is 61.2 Å². The minimum Gasteiger partial charge on any atom is -0.434 e. The number of carbonyl (C=O) groups excluding carboxylic acids is 1. The van der Waals surface area contributed by atoms with Gasteiger partial charge < -0.3 is 15.8 Å². The third-order valence-electron chi connectivity index (χ3n) is 5.25. The summed E-state index contributed by atoms with van der Waals surface area (Å²) in [4.78, 5) is 15.8. The molecule has 10 nitrogen and oxygen atoms in total. The number of hydrogen-bond acceptors (Lipinski definition) is 7. The summed E-state index contributed by atoms with van der Waals surface area (Å²) in [5.74, 6) is 4.46. The average Bonchev–Trinajstić information content (AvgIpc) is 3.45. The number of hydrogen-bond donors (Lipinski definition) is 2. The number of nitrogens with one attached hydrogen (secondary N) is 1. The molecular formula is C25H19FN8O2. The Morgan fingerprint density at radius 1 is 1.11 bits per heavy atom. The molecule has 36 heavy (non-hydrogen) atoms. The van der Waals surface area contributed by atoms with Gasteiger partial charge in [0, 0.05) is 36.1 Å². The summed E-state index contributed by atoms with van der Waals surface area (Å²) in [6.07, 6.45) is 2.99. The molecule has 0 radical (unpaired) electrons. The number of amides is 1. The summed E-state index contributed by atoms with van der Waals surface area (Å²) in [5.41, 5.74) is 9.42. The van der Waals surface area contributed by atoms with E-state index < -0.39 is 11.7 Å². The molecule has 0 unspecified atom stereocenters. The van der Waals surface area contributed by atoms with Crippen molar-refractivity contribution < 1.29 is 13.9 Å². The van der Waals surface area contributed by atoms with Crippen LogP contribution in [0.2, 0.25) is 0 Å². The van der Waals surface area contributed by atoms with Crippen LogP contribution in [0.1, 0.15) is 6.92 Å². The van der Waals surface area contributed by atoms with Crippen molar-refractivity contribution in [2.24, 2.45) is 7.05 Å². The smallest absolute Gasteiger partial charge is 0.300 e. The number of nitrogens with zero attached hydrogens (tertiary/aromatic N) is 6. The number of benzene rings is 2. The standard InChI is InChI=1S/C25H19FN8O2/c1-3-4-20(35)30-17-8-5-15(6-9-17)23-22(24-25(27)28-14-29-34(24)32-23)16-7-10-19(18(26)13-16)36-21-11-12-33(2)31-21/h5-14H,1-2H3,(H,30,35)(H2,27,28,29). The predicted molar refractivity (Wildman–Crippen MR) is 131 cm³/mol. The van der Waals surface area contributed by atoms with Crippen LogP contribution in [0.4, 0.5) is 15.9 Å². The molecule has 3 N–H and O–H groups in total. The van der Waals surface area contributed by atoms with Crippen LogP contribution in [0.3, 0.4) is 0 Å². The van der Waals surface area contributed by atoms with E-state index in [1.165, 1.54) is 23.1 Å². The van der Waals surface area contributed by atoms with Gasteiger partial charge in [-0.1, -0.05) is 24.1 Å². The second-order valence-corrected chi connectivity index (χ2v) is 7.69. The Kier molecular flexibility index (Phi) is 5.75. The highest BCUT2D eigenvalue weighted by Gasteiger charge is 2.21. The fourth-order valence-electron chi connectivity index (χ4n) is 3.68. The van der Waals surface area contributed by atoms with E-state index in [1.807, 2.05) is 0 Å². The zero-order chi connectivity index (χ0) is 25.2. The minimum absolute atomic E-state index is 0.0231. The number of nitrogen functional groups attached to an aromatic ring is 1. The van der Waals surface area contributed by atoms with Crippen LogP contribution in [0, 0.1) is 17.7 Å². The molecule has 5 rings (SSSR count). The molecular weight excluding hydrogens is 463 g/mol. The second-order valence-electron chi connectivity index (χ2n) is 7.69. The summed E-state index contributed by atoms with van der Waals surface area (Å²) in [6, 6.07) is 13.2. The highest BCUT2D eigenvalue weighted by Crippen LogP contribution is 2.38. The normalized spacial score (nSPS) is 10.6. The highest BCUT2D eigenvalue weighted by atomic mass is 19.1. The summed E-state index contributed by atoms with van der Waals surface area (Å²) in [7, 11) is 1.74. The number of anilines is 2. The first-order chi connectivity index (χ1) is 17.4. The average molecular weight is 482 g/mol. The van der Waals surface area contributed by atoms with E-state index in [2.05, 4.69) is 37.4 Å². The Labute approximate surface area is 204 Å². The lowest BCUT2D eigenvalue weighted by atomic mass is 9.99. The van der Waals surface area contributed by atoms with Crippen molar-refractivity contribution in [1.82, 2.24) is 29.6 Å². The Bertz CT molecular complexity index is 1660. The number of aryl methyl sites for hydroxylation is 1. The van der Waals surface area contributed by atoms with E-state index >= 15 is 4.39 Å². The molecule has 0 spiro atoms. The Morgan fingerprint density at radius 3 is 2.58 bits per heavy atom. The lowest BCUT2D eigenvalue weighted by molar-refractivity contribution is -0.111. The lowest BCUT2D eigenvalue weighted by Gasteiger charge is -2.09. The summed E-state index contributed by atoms with van der Waals surface area (Å²) >= 11 is 0.